The molecule has 102 valence electrons. The lowest BCUT2D eigenvalue weighted by Gasteiger charge is -2.13. The van der Waals surface area contributed by atoms with Crippen LogP contribution in [0.1, 0.15) is 13.8 Å². The van der Waals surface area contributed by atoms with Gasteiger partial charge >= 0.3 is 0 Å². The SMILES string of the molecule is COc1ccc(N)cc1NS(=O)(=O)NCC(C)C. The summed E-state index contributed by atoms with van der Waals surface area (Å²) in [5.41, 5.74) is 6.38. The number of hydrogen-bond acceptors (Lipinski definition) is 4. The minimum atomic E-state index is -3.61. The predicted molar refractivity (Wildman–Crippen MR) is 72.8 cm³/mol. The van der Waals surface area contributed by atoms with Gasteiger partial charge in [-0.15, -0.1) is 0 Å². The monoisotopic (exact) mass is 273 g/mol. The van der Waals surface area contributed by atoms with Crippen molar-refractivity contribution >= 4 is 21.6 Å². The molecule has 0 aliphatic rings. The molecule has 0 bridgehead atoms. The van der Waals surface area contributed by atoms with Crippen LogP contribution in [0.15, 0.2) is 18.2 Å². The third-order valence-corrected chi connectivity index (χ3v) is 3.18. The van der Waals surface area contributed by atoms with Crippen LogP contribution in [-0.2, 0) is 10.2 Å². The predicted octanol–water partition coefficient (Wildman–Crippen LogP) is 1.18. The van der Waals surface area contributed by atoms with Gasteiger partial charge in [0.2, 0.25) is 0 Å². The number of nitrogens with two attached hydrogens (primary N) is 1. The molecule has 7 heteroatoms. The molecule has 0 aromatic heterocycles. The molecule has 0 saturated heterocycles. The number of benzene rings is 1. The van der Waals surface area contributed by atoms with Crippen LogP contribution < -0.4 is 19.9 Å². The first-order valence-corrected chi connectivity index (χ1v) is 7.03. The van der Waals surface area contributed by atoms with Crippen molar-refractivity contribution in [2.24, 2.45) is 5.92 Å². The Labute approximate surface area is 108 Å². The third kappa shape index (κ3) is 4.42. The largest absolute Gasteiger partial charge is 0.495 e. The Morgan fingerprint density at radius 3 is 2.61 bits per heavy atom. The fraction of sp³-hybridized carbons (Fsp3) is 0.455. The molecule has 4 N–H and O–H groups in total. The topological polar surface area (TPSA) is 93.4 Å². The zero-order valence-electron chi connectivity index (χ0n) is 10.7. The van der Waals surface area contributed by atoms with E-state index in [0.717, 1.165) is 0 Å². The van der Waals surface area contributed by atoms with E-state index in [1.807, 2.05) is 13.8 Å². The van der Waals surface area contributed by atoms with Crippen molar-refractivity contribution in [2.75, 3.05) is 24.1 Å². The average Bonchev–Trinajstić information content (AvgIpc) is 2.26. The van der Waals surface area contributed by atoms with Gasteiger partial charge in [0, 0.05) is 12.2 Å². The number of anilines is 2. The van der Waals surface area contributed by atoms with Gasteiger partial charge in [0.15, 0.2) is 0 Å². The molecule has 0 aliphatic carbocycles. The van der Waals surface area contributed by atoms with Crippen LogP contribution in [0.5, 0.6) is 5.75 Å². The summed E-state index contributed by atoms with van der Waals surface area (Å²) in [6.45, 7) is 4.20. The number of nitrogens with one attached hydrogen (secondary N) is 2. The first-order valence-electron chi connectivity index (χ1n) is 5.55. The molecule has 18 heavy (non-hydrogen) atoms. The number of ether oxygens (including phenoxy) is 1. The van der Waals surface area contributed by atoms with Crippen LogP contribution in [0.2, 0.25) is 0 Å². The molecule has 6 nitrogen and oxygen atoms in total. The van der Waals surface area contributed by atoms with Gasteiger partial charge in [0.25, 0.3) is 10.2 Å². The molecule has 1 rings (SSSR count). The fourth-order valence-corrected chi connectivity index (χ4v) is 2.34. The van der Waals surface area contributed by atoms with Crippen molar-refractivity contribution in [2.45, 2.75) is 13.8 Å². The highest BCUT2D eigenvalue weighted by Gasteiger charge is 2.13. The van der Waals surface area contributed by atoms with Gasteiger partial charge < -0.3 is 10.5 Å². The van der Waals surface area contributed by atoms with Gasteiger partial charge in [0.05, 0.1) is 12.8 Å². The van der Waals surface area contributed by atoms with E-state index in [2.05, 4.69) is 9.44 Å². The highest BCUT2D eigenvalue weighted by molar-refractivity contribution is 7.90. The Balaban J connectivity index is 2.86. The van der Waals surface area contributed by atoms with Crippen molar-refractivity contribution in [1.29, 1.82) is 0 Å². The van der Waals surface area contributed by atoms with Crippen LogP contribution in [0.3, 0.4) is 0 Å². The number of nitrogen functional groups attached to an aromatic ring is 1. The number of hydrogen-bond donors (Lipinski definition) is 3. The molecule has 1 aromatic rings. The van der Waals surface area contributed by atoms with Crippen LogP contribution in [-0.4, -0.2) is 22.1 Å². The van der Waals surface area contributed by atoms with E-state index < -0.39 is 10.2 Å². The van der Waals surface area contributed by atoms with Crippen molar-refractivity contribution < 1.29 is 13.2 Å². The number of rotatable bonds is 6. The Bertz CT molecular complexity index is 500. The molecule has 0 unspecified atom stereocenters. The summed E-state index contributed by atoms with van der Waals surface area (Å²) < 4.78 is 33.4. The van der Waals surface area contributed by atoms with Gasteiger partial charge in [-0.25, -0.2) is 0 Å². The van der Waals surface area contributed by atoms with E-state index in [4.69, 9.17) is 10.5 Å². The first kappa shape index (κ1) is 14.6. The van der Waals surface area contributed by atoms with Crippen molar-refractivity contribution in [3.8, 4) is 5.75 Å². The Hall–Kier alpha value is -1.47. The molecule has 0 saturated carbocycles. The highest BCUT2D eigenvalue weighted by Crippen LogP contribution is 2.27. The van der Waals surface area contributed by atoms with Crippen LogP contribution >= 0.6 is 0 Å². The normalized spacial score (nSPS) is 11.6. The summed E-state index contributed by atoms with van der Waals surface area (Å²) in [5, 5.41) is 0. The molecule has 0 atom stereocenters. The third-order valence-electron chi connectivity index (χ3n) is 2.15. The lowest BCUT2D eigenvalue weighted by molar-refractivity contribution is 0.417. The second-order valence-corrected chi connectivity index (χ2v) is 5.81. The maximum Gasteiger partial charge on any atom is 0.299 e. The molecule has 1 aromatic carbocycles. The quantitative estimate of drug-likeness (QED) is 0.678. The maximum atomic E-state index is 11.8. The Morgan fingerprint density at radius 2 is 2.06 bits per heavy atom. The van der Waals surface area contributed by atoms with Crippen molar-refractivity contribution in [3.05, 3.63) is 18.2 Å². The zero-order valence-corrected chi connectivity index (χ0v) is 11.5. The van der Waals surface area contributed by atoms with E-state index in [1.54, 1.807) is 12.1 Å². The van der Waals surface area contributed by atoms with Gasteiger partial charge in [-0.05, 0) is 24.1 Å². The standard InChI is InChI=1S/C11H19N3O3S/c1-8(2)7-13-18(15,16)14-10-6-9(12)4-5-11(10)17-3/h4-6,8,13-14H,7,12H2,1-3H3. The van der Waals surface area contributed by atoms with Crippen LogP contribution in [0, 0.1) is 5.92 Å². The van der Waals surface area contributed by atoms with E-state index >= 15 is 0 Å². The zero-order chi connectivity index (χ0) is 13.8. The molecule has 0 spiro atoms. The number of methoxy groups -OCH3 is 1. The second kappa shape index (κ2) is 5.92. The fourth-order valence-electron chi connectivity index (χ4n) is 1.26. The summed E-state index contributed by atoms with van der Waals surface area (Å²) in [4.78, 5) is 0. The van der Waals surface area contributed by atoms with E-state index in [0.29, 0.717) is 23.7 Å². The minimum absolute atomic E-state index is 0.226. The Morgan fingerprint density at radius 1 is 1.39 bits per heavy atom. The molecule has 0 amide bonds. The summed E-state index contributed by atoms with van der Waals surface area (Å²) in [6.07, 6.45) is 0. The van der Waals surface area contributed by atoms with E-state index in [-0.39, 0.29) is 5.92 Å². The lowest BCUT2D eigenvalue weighted by Crippen LogP contribution is -2.33. The van der Waals surface area contributed by atoms with Crippen LogP contribution in [0.4, 0.5) is 11.4 Å². The second-order valence-electron chi connectivity index (χ2n) is 4.31. The van der Waals surface area contributed by atoms with E-state index in [1.165, 1.54) is 13.2 Å². The summed E-state index contributed by atoms with van der Waals surface area (Å²) in [6, 6.07) is 4.75. The van der Waals surface area contributed by atoms with Gasteiger partial charge in [0.1, 0.15) is 5.75 Å². The Kier molecular flexibility index (Phi) is 4.80. The van der Waals surface area contributed by atoms with Gasteiger partial charge in [-0.2, -0.15) is 13.1 Å². The minimum Gasteiger partial charge on any atom is -0.495 e. The summed E-state index contributed by atoms with van der Waals surface area (Å²) >= 11 is 0. The maximum absolute atomic E-state index is 11.8. The highest BCUT2D eigenvalue weighted by atomic mass is 32.2. The van der Waals surface area contributed by atoms with Crippen molar-refractivity contribution in [3.63, 3.8) is 0 Å². The molecule has 0 heterocycles. The first-order chi connectivity index (χ1) is 8.34. The average molecular weight is 273 g/mol. The summed E-state index contributed by atoms with van der Waals surface area (Å²) in [7, 11) is -2.15. The molecule has 0 fully saturated rings. The van der Waals surface area contributed by atoms with Crippen LogP contribution in [0.25, 0.3) is 0 Å². The summed E-state index contributed by atoms with van der Waals surface area (Å²) in [5.74, 6) is 0.642. The molecule has 0 aliphatic heterocycles. The van der Waals surface area contributed by atoms with Gasteiger partial charge in [-0.3, -0.25) is 4.72 Å². The lowest BCUT2D eigenvalue weighted by atomic mass is 10.2. The van der Waals surface area contributed by atoms with Crippen molar-refractivity contribution in [1.82, 2.24) is 4.72 Å². The smallest absolute Gasteiger partial charge is 0.299 e. The van der Waals surface area contributed by atoms with Gasteiger partial charge in [-0.1, -0.05) is 13.8 Å². The molecular weight excluding hydrogens is 254 g/mol. The molecule has 0 radical (unpaired) electrons. The molecular formula is C11H19N3O3S. The van der Waals surface area contributed by atoms with E-state index in [9.17, 15) is 8.42 Å².